The zero-order valence-electron chi connectivity index (χ0n) is 9.83. The highest BCUT2D eigenvalue weighted by Gasteiger charge is 2.13. The Balaban J connectivity index is 2.88. The van der Waals surface area contributed by atoms with Crippen LogP contribution in [0, 0.1) is 0 Å². The molecule has 1 rings (SSSR count). The zero-order valence-corrected chi connectivity index (χ0v) is 10.6. The van der Waals surface area contributed by atoms with Crippen molar-refractivity contribution in [2.45, 2.75) is 19.3 Å². The zero-order chi connectivity index (χ0) is 12.8. The molecule has 0 aliphatic heterocycles. The van der Waals surface area contributed by atoms with Crippen molar-refractivity contribution in [3.63, 3.8) is 0 Å². The largest absolute Gasteiger partial charge is 0.493 e. The Morgan fingerprint density at radius 3 is 2.47 bits per heavy atom. The molecule has 5 heteroatoms. The van der Waals surface area contributed by atoms with Crippen molar-refractivity contribution >= 4 is 17.6 Å². The lowest BCUT2D eigenvalue weighted by Gasteiger charge is -2.13. The number of halogens is 1. The van der Waals surface area contributed by atoms with E-state index in [1.54, 1.807) is 6.07 Å². The second-order valence-corrected chi connectivity index (χ2v) is 3.93. The number of aryl methyl sites for hydroxylation is 1. The summed E-state index contributed by atoms with van der Waals surface area (Å²) in [5, 5.41) is 9.06. The Bertz CT molecular complexity index is 404. The van der Waals surface area contributed by atoms with Gasteiger partial charge in [0.25, 0.3) is 0 Å². The molecule has 1 N–H and O–H groups in total. The molecule has 4 nitrogen and oxygen atoms in total. The normalized spacial score (nSPS) is 10.1. The molecule has 0 aromatic heterocycles. The molecule has 0 heterocycles. The van der Waals surface area contributed by atoms with Crippen LogP contribution in [0.1, 0.15) is 18.4 Å². The first-order chi connectivity index (χ1) is 8.10. The molecular formula is C12H15ClO4. The summed E-state index contributed by atoms with van der Waals surface area (Å²) in [6.45, 7) is 0. The number of carbonyl (C=O) groups is 1. The average Bonchev–Trinajstić information content (AvgIpc) is 2.29. The Kier molecular flexibility index (Phi) is 5.10. The van der Waals surface area contributed by atoms with Crippen LogP contribution in [-0.4, -0.2) is 25.3 Å². The molecule has 0 atom stereocenters. The number of hydrogen-bond acceptors (Lipinski definition) is 3. The standard InChI is InChI=1S/C12H15ClO4/c1-16-11-8(4-3-5-10(14)15)6-7-9(13)12(11)17-2/h6-7H,3-5H2,1-2H3,(H,14,15). The lowest BCUT2D eigenvalue weighted by Crippen LogP contribution is -1.99. The van der Waals surface area contributed by atoms with E-state index in [1.807, 2.05) is 6.07 Å². The number of hydrogen-bond donors (Lipinski definition) is 1. The Morgan fingerprint density at radius 2 is 1.94 bits per heavy atom. The van der Waals surface area contributed by atoms with E-state index in [4.69, 9.17) is 26.2 Å². The molecule has 17 heavy (non-hydrogen) atoms. The highest BCUT2D eigenvalue weighted by atomic mass is 35.5. The quantitative estimate of drug-likeness (QED) is 0.852. The van der Waals surface area contributed by atoms with Gasteiger partial charge in [0.1, 0.15) is 0 Å². The highest BCUT2D eigenvalue weighted by molar-refractivity contribution is 6.32. The molecule has 1 aromatic rings. The maximum atomic E-state index is 10.4. The number of aliphatic carboxylic acids is 1. The maximum absolute atomic E-state index is 10.4. The van der Waals surface area contributed by atoms with Gasteiger partial charge >= 0.3 is 5.97 Å². The number of carboxylic acids is 1. The average molecular weight is 259 g/mol. The van der Waals surface area contributed by atoms with Crippen LogP contribution < -0.4 is 9.47 Å². The van der Waals surface area contributed by atoms with E-state index in [9.17, 15) is 4.79 Å². The predicted molar refractivity (Wildman–Crippen MR) is 65.1 cm³/mol. The number of methoxy groups -OCH3 is 2. The van der Waals surface area contributed by atoms with E-state index >= 15 is 0 Å². The van der Waals surface area contributed by atoms with E-state index < -0.39 is 5.97 Å². The van der Waals surface area contributed by atoms with E-state index in [-0.39, 0.29) is 6.42 Å². The summed E-state index contributed by atoms with van der Waals surface area (Å²) in [6, 6.07) is 3.55. The molecule has 0 aliphatic rings. The van der Waals surface area contributed by atoms with Gasteiger partial charge in [0.2, 0.25) is 0 Å². The van der Waals surface area contributed by atoms with Crippen molar-refractivity contribution in [2.24, 2.45) is 0 Å². The van der Waals surface area contributed by atoms with Crippen LogP contribution in [0.3, 0.4) is 0 Å². The molecule has 1 aromatic carbocycles. The Labute approximate surface area is 105 Å². The Hall–Kier alpha value is -1.42. The van der Waals surface area contributed by atoms with Gasteiger partial charge in [0, 0.05) is 6.42 Å². The molecular weight excluding hydrogens is 244 g/mol. The van der Waals surface area contributed by atoms with Crippen LogP contribution in [-0.2, 0) is 11.2 Å². The summed E-state index contributed by atoms with van der Waals surface area (Å²) in [6.07, 6.45) is 1.30. The minimum atomic E-state index is -0.801. The maximum Gasteiger partial charge on any atom is 0.303 e. The summed E-state index contributed by atoms with van der Waals surface area (Å²) >= 11 is 5.97. The van der Waals surface area contributed by atoms with Crippen molar-refractivity contribution in [2.75, 3.05) is 14.2 Å². The van der Waals surface area contributed by atoms with Gasteiger partial charge in [-0.3, -0.25) is 4.79 Å². The molecule has 0 spiro atoms. The fourth-order valence-electron chi connectivity index (χ4n) is 1.62. The molecule has 0 bridgehead atoms. The fraction of sp³-hybridized carbons (Fsp3) is 0.417. The summed E-state index contributed by atoms with van der Waals surface area (Å²) in [7, 11) is 3.06. The molecule has 0 aliphatic carbocycles. The summed E-state index contributed by atoms with van der Waals surface area (Å²) in [5.74, 6) is 0.261. The number of carboxylic acid groups (broad SMARTS) is 1. The van der Waals surface area contributed by atoms with Crippen molar-refractivity contribution in [1.29, 1.82) is 0 Å². The first-order valence-corrected chi connectivity index (χ1v) is 5.59. The van der Waals surface area contributed by atoms with Crippen molar-refractivity contribution in [3.05, 3.63) is 22.7 Å². The van der Waals surface area contributed by atoms with Gasteiger partial charge in [-0.1, -0.05) is 17.7 Å². The van der Waals surface area contributed by atoms with Crippen LogP contribution in [0.5, 0.6) is 11.5 Å². The Morgan fingerprint density at radius 1 is 1.29 bits per heavy atom. The minimum absolute atomic E-state index is 0.133. The van der Waals surface area contributed by atoms with Crippen LogP contribution in [0.15, 0.2) is 12.1 Å². The van der Waals surface area contributed by atoms with E-state index in [1.165, 1.54) is 14.2 Å². The second-order valence-electron chi connectivity index (χ2n) is 3.52. The molecule has 0 saturated carbocycles. The smallest absolute Gasteiger partial charge is 0.303 e. The third kappa shape index (κ3) is 3.53. The van der Waals surface area contributed by atoms with Gasteiger partial charge < -0.3 is 14.6 Å². The molecule has 0 fully saturated rings. The van der Waals surface area contributed by atoms with Gasteiger partial charge in [-0.2, -0.15) is 0 Å². The first-order valence-electron chi connectivity index (χ1n) is 5.21. The van der Waals surface area contributed by atoms with E-state index in [0.717, 1.165) is 5.56 Å². The molecule has 94 valence electrons. The van der Waals surface area contributed by atoms with Gasteiger partial charge in [0.15, 0.2) is 11.5 Å². The van der Waals surface area contributed by atoms with Gasteiger partial charge in [0.05, 0.1) is 19.2 Å². The van der Waals surface area contributed by atoms with Crippen LogP contribution in [0.2, 0.25) is 5.02 Å². The number of benzene rings is 1. The van der Waals surface area contributed by atoms with E-state index in [2.05, 4.69) is 0 Å². The van der Waals surface area contributed by atoms with Gasteiger partial charge in [-0.05, 0) is 24.5 Å². The fourth-order valence-corrected chi connectivity index (χ4v) is 1.85. The van der Waals surface area contributed by atoms with Gasteiger partial charge in [-0.15, -0.1) is 0 Å². The molecule has 0 unspecified atom stereocenters. The van der Waals surface area contributed by atoms with Crippen molar-refractivity contribution in [1.82, 2.24) is 0 Å². The lowest BCUT2D eigenvalue weighted by atomic mass is 10.1. The topological polar surface area (TPSA) is 55.8 Å². The SMILES string of the molecule is COc1c(Cl)ccc(CCCC(=O)O)c1OC. The molecule has 0 saturated heterocycles. The third-order valence-corrected chi connectivity index (χ3v) is 2.69. The van der Waals surface area contributed by atoms with Crippen LogP contribution in [0.4, 0.5) is 0 Å². The minimum Gasteiger partial charge on any atom is -0.493 e. The van der Waals surface area contributed by atoms with Crippen LogP contribution in [0.25, 0.3) is 0 Å². The van der Waals surface area contributed by atoms with E-state index in [0.29, 0.717) is 29.4 Å². The molecule has 0 radical (unpaired) electrons. The summed E-state index contributed by atoms with van der Waals surface area (Å²) < 4.78 is 10.4. The number of ether oxygens (including phenoxy) is 2. The van der Waals surface area contributed by atoms with Crippen LogP contribution >= 0.6 is 11.6 Å². The third-order valence-electron chi connectivity index (χ3n) is 2.39. The van der Waals surface area contributed by atoms with Crippen molar-refractivity contribution in [3.8, 4) is 11.5 Å². The summed E-state index contributed by atoms with van der Waals surface area (Å²) in [5.41, 5.74) is 0.898. The first kappa shape index (κ1) is 13.6. The second kappa shape index (κ2) is 6.35. The molecule has 0 amide bonds. The lowest BCUT2D eigenvalue weighted by molar-refractivity contribution is -0.137. The monoisotopic (exact) mass is 258 g/mol. The summed E-state index contributed by atoms with van der Waals surface area (Å²) in [4.78, 5) is 10.4. The van der Waals surface area contributed by atoms with Gasteiger partial charge in [-0.25, -0.2) is 0 Å². The number of rotatable bonds is 6. The predicted octanol–water partition coefficient (Wildman–Crippen LogP) is 2.76. The highest BCUT2D eigenvalue weighted by Crippen LogP contribution is 2.38. The van der Waals surface area contributed by atoms with Crippen molar-refractivity contribution < 1.29 is 19.4 Å².